The van der Waals surface area contributed by atoms with E-state index in [0.29, 0.717) is 25.4 Å². The van der Waals surface area contributed by atoms with Crippen LogP contribution in [-0.2, 0) is 10.0 Å². The smallest absolute Gasteiger partial charge is 0.216 e. The maximum Gasteiger partial charge on any atom is 0.216 e. The summed E-state index contributed by atoms with van der Waals surface area (Å²) in [6.45, 7) is 6.30. The summed E-state index contributed by atoms with van der Waals surface area (Å²) in [4.78, 5) is 4.17. The first-order valence-electron chi connectivity index (χ1n) is 6.48. The molecule has 0 bridgehead atoms. The van der Waals surface area contributed by atoms with Crippen molar-refractivity contribution in [2.24, 2.45) is 0 Å². The van der Waals surface area contributed by atoms with E-state index < -0.39 is 10.0 Å². The molecule has 1 atom stereocenters. The van der Waals surface area contributed by atoms with Gasteiger partial charge in [-0.3, -0.25) is 0 Å². The predicted molar refractivity (Wildman–Crippen MR) is 73.6 cm³/mol. The van der Waals surface area contributed by atoms with Crippen molar-refractivity contribution in [3.05, 3.63) is 23.9 Å². The van der Waals surface area contributed by atoms with Crippen LogP contribution in [0.3, 0.4) is 0 Å². The van der Waals surface area contributed by atoms with Crippen molar-refractivity contribution in [3.8, 4) is 5.88 Å². The molecule has 1 aliphatic rings. The number of hydrogen-bond acceptors (Lipinski definition) is 4. The van der Waals surface area contributed by atoms with Gasteiger partial charge in [0, 0.05) is 18.8 Å². The molecule has 106 valence electrons. The van der Waals surface area contributed by atoms with Crippen molar-refractivity contribution in [2.75, 3.05) is 13.1 Å². The third-order valence-corrected chi connectivity index (χ3v) is 5.48. The Morgan fingerprint density at radius 1 is 1.42 bits per heavy atom. The Morgan fingerprint density at radius 2 is 2.16 bits per heavy atom. The lowest BCUT2D eigenvalue weighted by atomic mass is 10.3. The molecule has 19 heavy (non-hydrogen) atoms. The van der Waals surface area contributed by atoms with E-state index in [-0.39, 0.29) is 11.4 Å². The van der Waals surface area contributed by atoms with Gasteiger partial charge in [0.1, 0.15) is 6.10 Å². The minimum Gasteiger partial charge on any atom is -0.473 e. The van der Waals surface area contributed by atoms with Crippen LogP contribution in [0.5, 0.6) is 5.88 Å². The zero-order valence-corrected chi connectivity index (χ0v) is 12.4. The first kappa shape index (κ1) is 14.3. The average molecular weight is 284 g/mol. The van der Waals surface area contributed by atoms with Gasteiger partial charge < -0.3 is 4.74 Å². The normalized spacial score (nSPS) is 20.9. The lowest BCUT2D eigenvalue weighted by molar-refractivity contribution is 0.207. The molecular weight excluding hydrogens is 264 g/mol. The summed E-state index contributed by atoms with van der Waals surface area (Å²) in [7, 11) is -3.18. The van der Waals surface area contributed by atoms with Crippen LogP contribution in [-0.4, -0.2) is 42.2 Å². The highest BCUT2D eigenvalue weighted by molar-refractivity contribution is 7.89. The van der Waals surface area contributed by atoms with Gasteiger partial charge in [0.25, 0.3) is 0 Å². The second-order valence-corrected chi connectivity index (χ2v) is 7.64. The van der Waals surface area contributed by atoms with Crippen molar-refractivity contribution in [1.29, 1.82) is 0 Å². The summed E-state index contributed by atoms with van der Waals surface area (Å²) in [6, 6.07) is 3.74. The van der Waals surface area contributed by atoms with E-state index >= 15 is 0 Å². The van der Waals surface area contributed by atoms with Crippen LogP contribution in [0.25, 0.3) is 0 Å². The van der Waals surface area contributed by atoms with E-state index in [4.69, 9.17) is 4.74 Å². The van der Waals surface area contributed by atoms with Gasteiger partial charge in [0.2, 0.25) is 15.9 Å². The number of rotatable bonds is 4. The van der Waals surface area contributed by atoms with E-state index in [1.54, 1.807) is 20.0 Å². The molecule has 1 aromatic rings. The van der Waals surface area contributed by atoms with Crippen LogP contribution in [0.4, 0.5) is 0 Å². The SMILES string of the molecule is Cc1ccc(OC2CCN(S(=O)(=O)C(C)C)C2)nc1. The Morgan fingerprint density at radius 3 is 2.74 bits per heavy atom. The second-order valence-electron chi connectivity index (χ2n) is 5.15. The number of pyridine rings is 1. The molecule has 0 radical (unpaired) electrons. The maximum absolute atomic E-state index is 12.0. The van der Waals surface area contributed by atoms with E-state index in [1.807, 2.05) is 19.1 Å². The number of nitrogens with zero attached hydrogens (tertiary/aromatic N) is 2. The highest BCUT2D eigenvalue weighted by atomic mass is 32.2. The topological polar surface area (TPSA) is 59.5 Å². The van der Waals surface area contributed by atoms with Crippen molar-refractivity contribution >= 4 is 10.0 Å². The number of aryl methyl sites for hydroxylation is 1. The van der Waals surface area contributed by atoms with Gasteiger partial charge in [0.15, 0.2) is 0 Å². The molecule has 0 spiro atoms. The fraction of sp³-hybridized carbons (Fsp3) is 0.615. The zero-order chi connectivity index (χ0) is 14.0. The Labute approximate surface area is 114 Å². The van der Waals surface area contributed by atoms with Crippen LogP contribution in [0, 0.1) is 6.92 Å². The first-order chi connectivity index (χ1) is 8.89. The molecule has 1 saturated heterocycles. The summed E-state index contributed by atoms with van der Waals surface area (Å²) in [5.74, 6) is 0.555. The Hall–Kier alpha value is -1.14. The summed E-state index contributed by atoms with van der Waals surface area (Å²) in [5, 5.41) is -0.385. The van der Waals surface area contributed by atoms with Crippen molar-refractivity contribution in [1.82, 2.24) is 9.29 Å². The quantitative estimate of drug-likeness (QED) is 0.842. The monoisotopic (exact) mass is 284 g/mol. The van der Waals surface area contributed by atoms with Gasteiger partial charge in [0.05, 0.1) is 11.8 Å². The van der Waals surface area contributed by atoms with E-state index in [9.17, 15) is 8.42 Å². The Kier molecular flexibility index (Phi) is 4.10. The number of ether oxygens (including phenoxy) is 1. The highest BCUT2D eigenvalue weighted by Gasteiger charge is 2.34. The van der Waals surface area contributed by atoms with Crippen molar-refractivity contribution in [2.45, 2.75) is 38.5 Å². The molecule has 0 aliphatic carbocycles. The molecule has 5 nitrogen and oxygen atoms in total. The Bertz CT molecular complexity index is 525. The lowest BCUT2D eigenvalue weighted by Gasteiger charge is -2.19. The largest absolute Gasteiger partial charge is 0.473 e. The summed E-state index contributed by atoms with van der Waals surface area (Å²) in [6.07, 6.45) is 2.35. The van der Waals surface area contributed by atoms with Gasteiger partial charge in [-0.05, 0) is 32.8 Å². The summed E-state index contributed by atoms with van der Waals surface area (Å²) in [5.41, 5.74) is 1.07. The molecule has 2 heterocycles. The third-order valence-electron chi connectivity index (χ3n) is 3.23. The van der Waals surface area contributed by atoms with Gasteiger partial charge in [-0.15, -0.1) is 0 Å². The van der Waals surface area contributed by atoms with Crippen molar-refractivity contribution < 1.29 is 13.2 Å². The summed E-state index contributed by atoms with van der Waals surface area (Å²) < 4.78 is 31.3. The van der Waals surface area contributed by atoms with Crippen molar-refractivity contribution in [3.63, 3.8) is 0 Å². The molecule has 1 fully saturated rings. The molecule has 0 amide bonds. The molecular formula is C13H20N2O3S. The van der Waals surface area contributed by atoms with Gasteiger partial charge >= 0.3 is 0 Å². The summed E-state index contributed by atoms with van der Waals surface area (Å²) >= 11 is 0. The fourth-order valence-electron chi connectivity index (χ4n) is 2.02. The zero-order valence-electron chi connectivity index (χ0n) is 11.5. The van der Waals surface area contributed by atoms with Gasteiger partial charge in [-0.1, -0.05) is 6.07 Å². The average Bonchev–Trinajstić information content (AvgIpc) is 2.81. The Balaban J connectivity index is 1.98. The lowest BCUT2D eigenvalue weighted by Crippen LogP contribution is -2.35. The van der Waals surface area contributed by atoms with E-state index in [1.165, 1.54) is 4.31 Å². The first-order valence-corrected chi connectivity index (χ1v) is 7.98. The molecule has 1 unspecified atom stereocenters. The number of hydrogen-bond donors (Lipinski definition) is 0. The molecule has 1 aromatic heterocycles. The van der Waals surface area contributed by atoms with Gasteiger partial charge in [-0.25, -0.2) is 13.4 Å². The fourth-order valence-corrected chi connectivity index (χ4v) is 3.35. The highest BCUT2D eigenvalue weighted by Crippen LogP contribution is 2.21. The van der Waals surface area contributed by atoms with Crippen LogP contribution in [0.15, 0.2) is 18.3 Å². The number of sulfonamides is 1. The van der Waals surface area contributed by atoms with Crippen LogP contribution >= 0.6 is 0 Å². The molecule has 6 heteroatoms. The van der Waals surface area contributed by atoms with Crippen LogP contribution < -0.4 is 4.74 Å². The van der Waals surface area contributed by atoms with E-state index in [2.05, 4.69) is 4.98 Å². The maximum atomic E-state index is 12.0. The molecule has 1 aliphatic heterocycles. The standard InChI is InChI=1S/C13H20N2O3S/c1-10(2)19(16,17)15-7-6-12(9-15)18-13-5-4-11(3)8-14-13/h4-5,8,10,12H,6-7,9H2,1-3H3. The van der Waals surface area contributed by atoms with Crippen LogP contribution in [0.2, 0.25) is 0 Å². The predicted octanol–water partition coefficient (Wildman–Crippen LogP) is 1.58. The second kappa shape index (κ2) is 5.46. The molecule has 2 rings (SSSR count). The van der Waals surface area contributed by atoms with Crippen LogP contribution in [0.1, 0.15) is 25.8 Å². The third kappa shape index (κ3) is 3.25. The minimum atomic E-state index is -3.18. The minimum absolute atomic E-state index is 0.108. The van der Waals surface area contributed by atoms with Gasteiger partial charge in [-0.2, -0.15) is 4.31 Å². The number of aromatic nitrogens is 1. The molecule has 0 aromatic carbocycles. The molecule has 0 saturated carbocycles. The molecule has 0 N–H and O–H groups in total. The van der Waals surface area contributed by atoms with E-state index in [0.717, 1.165) is 5.56 Å².